The highest BCUT2D eigenvalue weighted by Gasteiger charge is 2.19. The maximum absolute atomic E-state index is 13.0. The van der Waals surface area contributed by atoms with E-state index in [9.17, 15) is 8.42 Å². The predicted molar refractivity (Wildman–Crippen MR) is 117 cm³/mol. The van der Waals surface area contributed by atoms with Crippen molar-refractivity contribution in [3.05, 3.63) is 59.7 Å². The first kappa shape index (κ1) is 21.6. The van der Waals surface area contributed by atoms with Crippen molar-refractivity contribution in [2.75, 3.05) is 18.4 Å². The lowest BCUT2D eigenvalue weighted by molar-refractivity contribution is 0.302. The van der Waals surface area contributed by atoms with Crippen molar-refractivity contribution in [1.82, 2.24) is 10.2 Å². The van der Waals surface area contributed by atoms with E-state index in [1.807, 2.05) is 19.9 Å². The molecule has 7 nitrogen and oxygen atoms in total. The summed E-state index contributed by atoms with van der Waals surface area (Å²) in [6.45, 7) is 6.15. The third-order valence-electron chi connectivity index (χ3n) is 4.49. The highest BCUT2D eigenvalue weighted by Crippen LogP contribution is 2.28. The van der Waals surface area contributed by atoms with Gasteiger partial charge in [0.15, 0.2) is 0 Å². The molecule has 0 fully saturated rings. The minimum absolute atomic E-state index is 0.212. The second-order valence-electron chi connectivity index (χ2n) is 6.88. The van der Waals surface area contributed by atoms with Gasteiger partial charge >= 0.3 is 0 Å². The SMILES string of the molecule is CCCOc1ccc(-c2cccc(NS(=O)(=O)c3cc(C)c(OC)cc3C)c2)nn1. The topological polar surface area (TPSA) is 90.4 Å². The first-order valence-corrected chi connectivity index (χ1v) is 11.1. The summed E-state index contributed by atoms with van der Waals surface area (Å²) in [4.78, 5) is 0.212. The molecule has 0 amide bonds. The molecule has 0 spiro atoms. The van der Waals surface area contributed by atoms with Gasteiger partial charge in [0.25, 0.3) is 10.0 Å². The zero-order valence-electron chi connectivity index (χ0n) is 17.5. The van der Waals surface area contributed by atoms with Crippen molar-refractivity contribution in [2.45, 2.75) is 32.1 Å². The molecule has 3 aromatic rings. The Morgan fingerprint density at radius 1 is 1.00 bits per heavy atom. The number of methoxy groups -OCH3 is 1. The first-order chi connectivity index (χ1) is 14.3. The number of aryl methyl sites for hydroxylation is 2. The molecule has 0 radical (unpaired) electrons. The zero-order valence-corrected chi connectivity index (χ0v) is 18.3. The third kappa shape index (κ3) is 4.88. The standard InChI is InChI=1S/C22H25N3O4S/c1-5-11-29-22-10-9-19(23-24-22)17-7-6-8-18(14-17)25-30(26,27)21-13-15(2)20(28-4)12-16(21)3/h6-10,12-14,25H,5,11H2,1-4H3. The fourth-order valence-corrected chi connectivity index (χ4v) is 4.34. The average molecular weight is 428 g/mol. The summed E-state index contributed by atoms with van der Waals surface area (Å²) in [5.41, 5.74) is 3.16. The number of benzene rings is 2. The van der Waals surface area contributed by atoms with Crippen molar-refractivity contribution < 1.29 is 17.9 Å². The number of hydrogen-bond acceptors (Lipinski definition) is 6. The van der Waals surface area contributed by atoms with Crippen molar-refractivity contribution >= 4 is 15.7 Å². The quantitative estimate of drug-likeness (QED) is 0.574. The van der Waals surface area contributed by atoms with Gasteiger partial charge in [-0.05, 0) is 61.7 Å². The number of rotatable bonds is 8. The highest BCUT2D eigenvalue weighted by molar-refractivity contribution is 7.92. The molecule has 30 heavy (non-hydrogen) atoms. The predicted octanol–water partition coefficient (Wildman–Crippen LogP) is 4.36. The second-order valence-corrected chi connectivity index (χ2v) is 8.53. The minimum atomic E-state index is -3.77. The molecule has 0 aliphatic carbocycles. The fraction of sp³-hybridized carbons (Fsp3) is 0.273. The van der Waals surface area contributed by atoms with Gasteiger partial charge in [0, 0.05) is 17.3 Å². The molecule has 0 saturated heterocycles. The van der Waals surface area contributed by atoms with Gasteiger partial charge in [0.05, 0.1) is 24.3 Å². The molecule has 0 aliphatic rings. The van der Waals surface area contributed by atoms with Crippen LogP contribution in [0.5, 0.6) is 11.6 Å². The van der Waals surface area contributed by atoms with Gasteiger partial charge in [-0.15, -0.1) is 10.2 Å². The van der Waals surface area contributed by atoms with Crippen LogP contribution in [0.25, 0.3) is 11.3 Å². The molecule has 0 unspecified atom stereocenters. The Hall–Kier alpha value is -3.13. The molecule has 1 N–H and O–H groups in total. The van der Waals surface area contributed by atoms with Crippen LogP contribution in [0.15, 0.2) is 53.4 Å². The Labute approximate surface area is 177 Å². The molecule has 2 aromatic carbocycles. The zero-order chi connectivity index (χ0) is 21.7. The van der Waals surface area contributed by atoms with E-state index in [-0.39, 0.29) is 4.90 Å². The summed E-state index contributed by atoms with van der Waals surface area (Å²) >= 11 is 0. The summed E-state index contributed by atoms with van der Waals surface area (Å²) in [5.74, 6) is 1.11. The minimum Gasteiger partial charge on any atom is -0.496 e. The summed E-state index contributed by atoms with van der Waals surface area (Å²) in [7, 11) is -2.21. The fourth-order valence-electron chi connectivity index (χ4n) is 2.98. The van der Waals surface area contributed by atoms with E-state index < -0.39 is 10.0 Å². The number of hydrogen-bond donors (Lipinski definition) is 1. The molecule has 0 saturated carbocycles. The Kier molecular flexibility index (Phi) is 6.56. The van der Waals surface area contributed by atoms with Crippen LogP contribution in [0, 0.1) is 13.8 Å². The van der Waals surface area contributed by atoms with Gasteiger partial charge in [-0.25, -0.2) is 8.42 Å². The number of nitrogens with zero attached hydrogens (tertiary/aromatic N) is 2. The first-order valence-electron chi connectivity index (χ1n) is 9.59. The largest absolute Gasteiger partial charge is 0.496 e. The summed E-state index contributed by atoms with van der Waals surface area (Å²) < 4.78 is 39.3. The van der Waals surface area contributed by atoms with Crippen LogP contribution in [0.1, 0.15) is 24.5 Å². The maximum atomic E-state index is 13.0. The normalized spacial score (nSPS) is 11.2. The lowest BCUT2D eigenvalue weighted by atomic mass is 10.1. The lowest BCUT2D eigenvalue weighted by Crippen LogP contribution is -2.14. The van der Waals surface area contributed by atoms with E-state index in [2.05, 4.69) is 14.9 Å². The van der Waals surface area contributed by atoms with Crippen LogP contribution < -0.4 is 14.2 Å². The van der Waals surface area contributed by atoms with Gasteiger partial charge in [-0.3, -0.25) is 4.72 Å². The molecule has 0 atom stereocenters. The Morgan fingerprint density at radius 2 is 1.80 bits per heavy atom. The molecular weight excluding hydrogens is 402 g/mol. The van der Waals surface area contributed by atoms with E-state index >= 15 is 0 Å². The molecule has 0 aliphatic heterocycles. The van der Waals surface area contributed by atoms with Crippen LogP contribution in [0.2, 0.25) is 0 Å². The molecule has 1 aromatic heterocycles. The van der Waals surface area contributed by atoms with Crippen LogP contribution in [0.4, 0.5) is 5.69 Å². The molecule has 158 valence electrons. The van der Waals surface area contributed by atoms with Gasteiger partial charge in [0.2, 0.25) is 5.88 Å². The van der Waals surface area contributed by atoms with E-state index in [1.165, 1.54) is 0 Å². The molecule has 0 bridgehead atoms. The second kappa shape index (κ2) is 9.13. The highest BCUT2D eigenvalue weighted by atomic mass is 32.2. The molecule has 3 rings (SSSR count). The van der Waals surface area contributed by atoms with Crippen molar-refractivity contribution in [2.24, 2.45) is 0 Å². The number of ether oxygens (including phenoxy) is 2. The monoisotopic (exact) mass is 427 g/mol. The lowest BCUT2D eigenvalue weighted by Gasteiger charge is -2.14. The van der Waals surface area contributed by atoms with Crippen molar-refractivity contribution in [3.63, 3.8) is 0 Å². The number of sulfonamides is 1. The maximum Gasteiger partial charge on any atom is 0.262 e. The van der Waals surface area contributed by atoms with E-state index in [0.717, 1.165) is 17.5 Å². The third-order valence-corrected chi connectivity index (χ3v) is 6.01. The summed E-state index contributed by atoms with van der Waals surface area (Å²) in [5, 5.41) is 8.24. The van der Waals surface area contributed by atoms with Gasteiger partial charge in [-0.2, -0.15) is 0 Å². The van der Waals surface area contributed by atoms with Crippen LogP contribution in [-0.2, 0) is 10.0 Å². The van der Waals surface area contributed by atoms with Crippen LogP contribution in [-0.4, -0.2) is 32.3 Å². The van der Waals surface area contributed by atoms with E-state index in [0.29, 0.717) is 35.2 Å². The van der Waals surface area contributed by atoms with E-state index in [4.69, 9.17) is 9.47 Å². The van der Waals surface area contributed by atoms with Gasteiger partial charge < -0.3 is 9.47 Å². The Morgan fingerprint density at radius 3 is 2.47 bits per heavy atom. The van der Waals surface area contributed by atoms with Gasteiger partial charge in [-0.1, -0.05) is 19.1 Å². The molecular formula is C22H25N3O4S. The van der Waals surface area contributed by atoms with Crippen molar-refractivity contribution in [3.8, 4) is 22.9 Å². The van der Waals surface area contributed by atoms with Crippen LogP contribution >= 0.6 is 0 Å². The van der Waals surface area contributed by atoms with E-state index in [1.54, 1.807) is 56.5 Å². The van der Waals surface area contributed by atoms with Crippen molar-refractivity contribution in [1.29, 1.82) is 0 Å². The molecule has 8 heteroatoms. The number of anilines is 1. The molecule has 1 heterocycles. The number of nitrogens with one attached hydrogen (secondary N) is 1. The summed E-state index contributed by atoms with van der Waals surface area (Å²) in [6.07, 6.45) is 0.888. The Bertz CT molecular complexity index is 1130. The number of aromatic nitrogens is 2. The van der Waals surface area contributed by atoms with Crippen LogP contribution in [0.3, 0.4) is 0 Å². The average Bonchev–Trinajstić information content (AvgIpc) is 2.73. The summed E-state index contributed by atoms with van der Waals surface area (Å²) in [6, 6.07) is 13.9. The smallest absolute Gasteiger partial charge is 0.262 e. The van der Waals surface area contributed by atoms with Gasteiger partial charge in [0.1, 0.15) is 5.75 Å². The Balaban J connectivity index is 1.85.